The average Bonchev–Trinajstić information content (AvgIpc) is 2.92. The third-order valence-electron chi connectivity index (χ3n) is 3.51. The van der Waals surface area contributed by atoms with Crippen molar-refractivity contribution in [3.63, 3.8) is 0 Å². The average molecular weight is 348 g/mol. The number of rotatable bonds is 4. The quantitative estimate of drug-likeness (QED) is 0.621. The SMILES string of the molecule is O=C(NCCc1c[nH]c2ccc(Cl)cc12)Nc1ccc(Cl)cc1. The number of hydrogen-bond acceptors (Lipinski definition) is 1. The van der Waals surface area contributed by atoms with Gasteiger partial charge in [-0.05, 0) is 54.4 Å². The van der Waals surface area contributed by atoms with Gasteiger partial charge in [0, 0.05) is 39.4 Å². The topological polar surface area (TPSA) is 56.9 Å². The van der Waals surface area contributed by atoms with Crippen LogP contribution >= 0.6 is 23.2 Å². The van der Waals surface area contributed by atoms with E-state index in [4.69, 9.17) is 23.2 Å². The molecule has 3 N–H and O–H groups in total. The minimum atomic E-state index is -0.245. The fourth-order valence-electron chi connectivity index (χ4n) is 2.38. The number of carbonyl (C=O) groups excluding carboxylic acids is 1. The van der Waals surface area contributed by atoms with Gasteiger partial charge in [-0.2, -0.15) is 0 Å². The van der Waals surface area contributed by atoms with E-state index in [0.29, 0.717) is 28.7 Å². The summed E-state index contributed by atoms with van der Waals surface area (Å²) in [6.07, 6.45) is 2.66. The molecule has 4 nitrogen and oxygen atoms in total. The number of halogens is 2. The van der Waals surface area contributed by atoms with Gasteiger partial charge in [0.15, 0.2) is 0 Å². The Labute approximate surface area is 143 Å². The number of anilines is 1. The standard InChI is InChI=1S/C17H15Cl2N3O/c18-12-1-4-14(5-2-12)22-17(23)20-8-7-11-10-21-16-6-3-13(19)9-15(11)16/h1-6,9-10,21H,7-8H2,(H2,20,22,23). The summed E-state index contributed by atoms with van der Waals surface area (Å²) in [4.78, 5) is 15.1. The summed E-state index contributed by atoms with van der Waals surface area (Å²) in [6, 6.07) is 12.4. The number of carbonyl (C=O) groups is 1. The molecule has 0 aliphatic carbocycles. The van der Waals surface area contributed by atoms with Gasteiger partial charge >= 0.3 is 6.03 Å². The van der Waals surface area contributed by atoms with E-state index in [-0.39, 0.29) is 6.03 Å². The van der Waals surface area contributed by atoms with Crippen LogP contribution in [0.4, 0.5) is 10.5 Å². The number of urea groups is 1. The number of amides is 2. The molecule has 0 fully saturated rings. The fraction of sp³-hybridized carbons (Fsp3) is 0.118. The van der Waals surface area contributed by atoms with Crippen molar-refractivity contribution in [2.45, 2.75) is 6.42 Å². The van der Waals surface area contributed by atoms with E-state index in [2.05, 4.69) is 15.6 Å². The smallest absolute Gasteiger partial charge is 0.319 e. The minimum Gasteiger partial charge on any atom is -0.361 e. The number of benzene rings is 2. The molecule has 0 aliphatic heterocycles. The molecule has 0 saturated carbocycles. The first-order valence-corrected chi connectivity index (χ1v) is 7.93. The van der Waals surface area contributed by atoms with Crippen LogP contribution in [-0.4, -0.2) is 17.6 Å². The van der Waals surface area contributed by atoms with Crippen LogP contribution in [0.2, 0.25) is 10.0 Å². The van der Waals surface area contributed by atoms with E-state index < -0.39 is 0 Å². The summed E-state index contributed by atoms with van der Waals surface area (Å²) >= 11 is 11.8. The summed E-state index contributed by atoms with van der Waals surface area (Å²) in [5.41, 5.74) is 2.86. The number of hydrogen-bond donors (Lipinski definition) is 3. The molecule has 0 spiro atoms. The largest absolute Gasteiger partial charge is 0.361 e. The van der Waals surface area contributed by atoms with Crippen LogP contribution in [0.15, 0.2) is 48.7 Å². The highest BCUT2D eigenvalue weighted by Crippen LogP contribution is 2.22. The van der Waals surface area contributed by atoms with Gasteiger partial charge in [-0.1, -0.05) is 23.2 Å². The Morgan fingerprint density at radius 1 is 1.04 bits per heavy atom. The summed E-state index contributed by atoms with van der Waals surface area (Å²) < 4.78 is 0. The van der Waals surface area contributed by atoms with Crippen molar-refractivity contribution in [1.29, 1.82) is 0 Å². The number of aromatic amines is 1. The first-order valence-electron chi connectivity index (χ1n) is 7.18. The van der Waals surface area contributed by atoms with Crippen molar-refractivity contribution in [1.82, 2.24) is 10.3 Å². The maximum atomic E-state index is 11.9. The second-order valence-corrected chi connectivity index (χ2v) is 6.01. The van der Waals surface area contributed by atoms with Crippen LogP contribution < -0.4 is 10.6 Å². The van der Waals surface area contributed by atoms with E-state index >= 15 is 0 Å². The molecule has 0 aliphatic rings. The van der Waals surface area contributed by atoms with Crippen LogP contribution in [0, 0.1) is 0 Å². The predicted molar refractivity (Wildman–Crippen MR) is 95.5 cm³/mol. The van der Waals surface area contributed by atoms with Crippen molar-refractivity contribution >= 4 is 45.8 Å². The van der Waals surface area contributed by atoms with Gasteiger partial charge in [0.2, 0.25) is 0 Å². The molecule has 0 atom stereocenters. The zero-order valence-electron chi connectivity index (χ0n) is 12.2. The molecule has 0 saturated heterocycles. The summed E-state index contributed by atoms with van der Waals surface area (Å²) in [7, 11) is 0. The first-order chi connectivity index (χ1) is 11.1. The Kier molecular flexibility index (Phi) is 4.74. The van der Waals surface area contributed by atoms with Crippen molar-refractivity contribution < 1.29 is 4.79 Å². The molecule has 1 aromatic heterocycles. The lowest BCUT2D eigenvalue weighted by Gasteiger charge is -2.07. The number of nitrogens with one attached hydrogen (secondary N) is 3. The van der Waals surface area contributed by atoms with Crippen molar-refractivity contribution in [3.8, 4) is 0 Å². The normalized spacial score (nSPS) is 10.7. The third kappa shape index (κ3) is 3.97. The molecular weight excluding hydrogens is 333 g/mol. The van der Waals surface area contributed by atoms with Gasteiger partial charge in [0.25, 0.3) is 0 Å². The van der Waals surface area contributed by atoms with Gasteiger partial charge in [-0.3, -0.25) is 0 Å². The first kappa shape index (κ1) is 15.7. The molecule has 2 amide bonds. The molecule has 0 bridgehead atoms. The number of H-pyrrole nitrogens is 1. The Hall–Kier alpha value is -2.17. The van der Waals surface area contributed by atoms with Crippen LogP contribution in [0.5, 0.6) is 0 Å². The lowest BCUT2D eigenvalue weighted by molar-refractivity contribution is 0.252. The minimum absolute atomic E-state index is 0.245. The van der Waals surface area contributed by atoms with Gasteiger partial charge in [0.05, 0.1) is 0 Å². The molecule has 2 aromatic carbocycles. The highest BCUT2D eigenvalue weighted by atomic mass is 35.5. The molecule has 23 heavy (non-hydrogen) atoms. The zero-order chi connectivity index (χ0) is 16.2. The molecule has 118 valence electrons. The van der Waals surface area contributed by atoms with E-state index in [0.717, 1.165) is 16.5 Å². The number of aromatic nitrogens is 1. The maximum Gasteiger partial charge on any atom is 0.319 e. The van der Waals surface area contributed by atoms with Crippen LogP contribution in [0.25, 0.3) is 10.9 Å². The molecular formula is C17H15Cl2N3O. The molecule has 3 aromatic rings. The van der Waals surface area contributed by atoms with Gasteiger partial charge in [0.1, 0.15) is 0 Å². The lowest BCUT2D eigenvalue weighted by atomic mass is 10.1. The molecule has 0 radical (unpaired) electrons. The van der Waals surface area contributed by atoms with Crippen LogP contribution in [0.1, 0.15) is 5.56 Å². The van der Waals surface area contributed by atoms with E-state index in [1.165, 1.54) is 0 Å². The Morgan fingerprint density at radius 3 is 2.57 bits per heavy atom. The second kappa shape index (κ2) is 6.94. The van der Waals surface area contributed by atoms with Crippen molar-refractivity contribution in [2.75, 3.05) is 11.9 Å². The van der Waals surface area contributed by atoms with Gasteiger partial charge < -0.3 is 15.6 Å². The summed E-state index contributed by atoms with van der Waals surface area (Å²) in [6.45, 7) is 0.527. The Balaban J connectivity index is 1.55. The molecule has 3 rings (SSSR count). The van der Waals surface area contributed by atoms with Crippen LogP contribution in [-0.2, 0) is 6.42 Å². The van der Waals surface area contributed by atoms with Crippen LogP contribution in [0.3, 0.4) is 0 Å². The van der Waals surface area contributed by atoms with Crippen molar-refractivity contribution in [3.05, 3.63) is 64.3 Å². The van der Waals surface area contributed by atoms with E-state index in [1.807, 2.05) is 24.4 Å². The maximum absolute atomic E-state index is 11.9. The highest BCUT2D eigenvalue weighted by Gasteiger charge is 2.06. The zero-order valence-corrected chi connectivity index (χ0v) is 13.7. The monoisotopic (exact) mass is 347 g/mol. The Bertz CT molecular complexity index is 827. The number of fused-ring (bicyclic) bond motifs is 1. The lowest BCUT2D eigenvalue weighted by Crippen LogP contribution is -2.30. The summed E-state index contributed by atoms with van der Waals surface area (Å²) in [5.74, 6) is 0. The van der Waals surface area contributed by atoms with Gasteiger partial charge in [-0.25, -0.2) is 4.79 Å². The predicted octanol–water partition coefficient (Wildman–Crippen LogP) is 4.84. The fourth-order valence-corrected chi connectivity index (χ4v) is 2.67. The Morgan fingerprint density at radius 2 is 1.78 bits per heavy atom. The molecule has 0 unspecified atom stereocenters. The molecule has 6 heteroatoms. The van der Waals surface area contributed by atoms with Crippen molar-refractivity contribution in [2.24, 2.45) is 0 Å². The third-order valence-corrected chi connectivity index (χ3v) is 4.00. The van der Waals surface area contributed by atoms with E-state index in [9.17, 15) is 4.79 Å². The summed E-state index contributed by atoms with van der Waals surface area (Å²) in [5, 5.41) is 8.01. The highest BCUT2D eigenvalue weighted by molar-refractivity contribution is 6.31. The second-order valence-electron chi connectivity index (χ2n) is 5.14. The van der Waals surface area contributed by atoms with E-state index in [1.54, 1.807) is 24.3 Å². The van der Waals surface area contributed by atoms with Gasteiger partial charge in [-0.15, -0.1) is 0 Å². The molecule has 1 heterocycles.